The molecule has 1 N–H and O–H groups in total. The summed E-state index contributed by atoms with van der Waals surface area (Å²) in [6.45, 7) is 7.58. The van der Waals surface area contributed by atoms with E-state index in [2.05, 4.69) is 10.3 Å². The molecule has 0 spiro atoms. The Morgan fingerprint density at radius 3 is 2.90 bits per heavy atom. The molecular weight excluding hydrogens is 271 g/mol. The molecule has 0 aliphatic carbocycles. The molecule has 1 aromatic heterocycles. The highest BCUT2D eigenvalue weighted by Gasteiger charge is 2.30. The van der Waals surface area contributed by atoms with E-state index >= 15 is 0 Å². The Morgan fingerprint density at radius 1 is 1.52 bits per heavy atom. The maximum absolute atomic E-state index is 14.9. The minimum atomic E-state index is -1.32. The molecular formula is C16H25FN2O2. The molecule has 21 heavy (non-hydrogen) atoms. The molecule has 4 nitrogen and oxygen atoms in total. The third kappa shape index (κ3) is 4.14. The number of rotatable bonds is 5. The van der Waals surface area contributed by atoms with Crippen LogP contribution in [0.4, 0.5) is 4.39 Å². The fraction of sp³-hybridized carbons (Fsp3) is 0.688. The number of hydrogen-bond donors (Lipinski definition) is 1. The van der Waals surface area contributed by atoms with Crippen LogP contribution in [0.25, 0.3) is 0 Å². The maximum Gasteiger partial charge on any atom is 0.128 e. The zero-order valence-corrected chi connectivity index (χ0v) is 13.3. The van der Waals surface area contributed by atoms with Crippen molar-refractivity contribution >= 4 is 0 Å². The van der Waals surface area contributed by atoms with Crippen molar-refractivity contribution in [1.29, 1.82) is 0 Å². The highest BCUT2D eigenvalue weighted by molar-refractivity contribution is 5.41. The fourth-order valence-corrected chi connectivity index (χ4v) is 2.94. The molecule has 118 valence electrons. The van der Waals surface area contributed by atoms with Crippen molar-refractivity contribution in [2.24, 2.45) is 0 Å². The van der Waals surface area contributed by atoms with Gasteiger partial charge in [-0.1, -0.05) is 0 Å². The molecule has 2 heterocycles. The van der Waals surface area contributed by atoms with Crippen LogP contribution in [-0.4, -0.2) is 43.6 Å². The Kier molecular flexibility index (Phi) is 5.17. The van der Waals surface area contributed by atoms with Gasteiger partial charge in [0.05, 0.1) is 26.0 Å². The second-order valence-electron chi connectivity index (χ2n) is 6.07. The van der Waals surface area contributed by atoms with Crippen LogP contribution in [0, 0.1) is 13.8 Å². The van der Waals surface area contributed by atoms with Crippen LogP contribution in [0.5, 0.6) is 5.75 Å². The number of aromatic nitrogens is 1. The van der Waals surface area contributed by atoms with Crippen LogP contribution in [-0.2, 0) is 11.2 Å². The summed E-state index contributed by atoms with van der Waals surface area (Å²) in [7, 11) is 1.64. The monoisotopic (exact) mass is 296 g/mol. The lowest BCUT2D eigenvalue weighted by atomic mass is 9.91. The number of alkyl halides is 1. The van der Waals surface area contributed by atoms with Gasteiger partial charge in [-0.25, -0.2) is 4.39 Å². The smallest absolute Gasteiger partial charge is 0.128 e. The summed E-state index contributed by atoms with van der Waals surface area (Å²) in [6.07, 6.45) is 2.46. The predicted molar refractivity (Wildman–Crippen MR) is 80.7 cm³/mol. The Morgan fingerprint density at radius 2 is 2.29 bits per heavy atom. The van der Waals surface area contributed by atoms with Crippen molar-refractivity contribution in [2.45, 2.75) is 45.3 Å². The molecule has 1 aliphatic rings. The summed E-state index contributed by atoms with van der Waals surface area (Å²) in [5, 5.41) is 3.30. The van der Waals surface area contributed by atoms with E-state index in [9.17, 15) is 4.39 Å². The molecule has 1 fully saturated rings. The normalized spacial score (nSPS) is 21.9. The Balaban J connectivity index is 2.08. The standard InChI is InChI=1S/C16H25FN2O2/c1-11-9-19-14(12(2)15(11)20-4)8-16(3,17)7-13-10-21-6-5-18-13/h9,13,18H,5-8,10H2,1-4H3. The van der Waals surface area contributed by atoms with Gasteiger partial charge in [0.25, 0.3) is 0 Å². The van der Waals surface area contributed by atoms with E-state index in [1.54, 1.807) is 20.2 Å². The number of ether oxygens (including phenoxy) is 2. The van der Waals surface area contributed by atoms with Crippen molar-refractivity contribution in [3.8, 4) is 5.75 Å². The van der Waals surface area contributed by atoms with Crippen LogP contribution in [0.15, 0.2) is 6.20 Å². The zero-order chi connectivity index (χ0) is 15.5. The maximum atomic E-state index is 14.9. The first-order valence-corrected chi connectivity index (χ1v) is 7.42. The number of nitrogens with one attached hydrogen (secondary N) is 1. The van der Waals surface area contributed by atoms with E-state index in [-0.39, 0.29) is 12.5 Å². The highest BCUT2D eigenvalue weighted by Crippen LogP contribution is 2.29. The molecule has 1 aromatic rings. The number of halogens is 1. The number of morpholine rings is 1. The first kappa shape index (κ1) is 16.2. The molecule has 5 heteroatoms. The molecule has 0 aromatic carbocycles. The van der Waals surface area contributed by atoms with Crippen molar-refractivity contribution in [2.75, 3.05) is 26.9 Å². The van der Waals surface area contributed by atoms with Gasteiger partial charge >= 0.3 is 0 Å². The molecule has 0 amide bonds. The number of hydrogen-bond acceptors (Lipinski definition) is 4. The number of nitrogens with zero attached hydrogens (tertiary/aromatic N) is 1. The van der Waals surface area contributed by atoms with Gasteiger partial charge in [0.1, 0.15) is 11.4 Å². The van der Waals surface area contributed by atoms with E-state index in [1.807, 2.05) is 13.8 Å². The SMILES string of the molecule is COc1c(C)cnc(CC(C)(F)CC2COCCN2)c1C. The van der Waals surface area contributed by atoms with Gasteiger partial charge in [0.15, 0.2) is 0 Å². The Hall–Kier alpha value is -1.20. The molecule has 0 bridgehead atoms. The van der Waals surface area contributed by atoms with E-state index in [4.69, 9.17) is 9.47 Å². The second kappa shape index (κ2) is 6.71. The van der Waals surface area contributed by atoms with Crippen LogP contribution in [0.1, 0.15) is 30.2 Å². The summed E-state index contributed by atoms with van der Waals surface area (Å²) in [5.41, 5.74) is 1.34. The predicted octanol–water partition coefficient (Wildman–Crippen LogP) is 2.36. The lowest BCUT2D eigenvalue weighted by Gasteiger charge is -2.30. The van der Waals surface area contributed by atoms with Gasteiger partial charge in [-0.05, 0) is 27.2 Å². The van der Waals surface area contributed by atoms with Crippen LogP contribution in [0.3, 0.4) is 0 Å². The quantitative estimate of drug-likeness (QED) is 0.906. The summed E-state index contributed by atoms with van der Waals surface area (Å²) in [4.78, 5) is 4.39. The summed E-state index contributed by atoms with van der Waals surface area (Å²) >= 11 is 0. The third-order valence-electron chi connectivity index (χ3n) is 3.96. The van der Waals surface area contributed by atoms with Gasteiger partial charge in [-0.15, -0.1) is 0 Å². The summed E-state index contributed by atoms with van der Waals surface area (Å²) in [5.74, 6) is 0.801. The number of pyridine rings is 1. The van der Waals surface area contributed by atoms with Crippen LogP contribution < -0.4 is 10.1 Å². The molecule has 0 radical (unpaired) electrons. The van der Waals surface area contributed by atoms with Crippen molar-refractivity contribution in [1.82, 2.24) is 10.3 Å². The molecule has 2 unspecified atom stereocenters. The van der Waals surface area contributed by atoms with Gasteiger partial charge in [0.2, 0.25) is 0 Å². The molecule has 0 saturated carbocycles. The van der Waals surface area contributed by atoms with E-state index in [0.717, 1.165) is 29.1 Å². The first-order valence-electron chi connectivity index (χ1n) is 7.42. The van der Waals surface area contributed by atoms with Gasteiger partial charge in [-0.2, -0.15) is 0 Å². The van der Waals surface area contributed by atoms with Crippen molar-refractivity contribution < 1.29 is 13.9 Å². The third-order valence-corrected chi connectivity index (χ3v) is 3.96. The molecule has 2 atom stereocenters. The van der Waals surface area contributed by atoms with E-state index in [1.165, 1.54) is 0 Å². The Bertz CT molecular complexity index is 485. The summed E-state index contributed by atoms with van der Waals surface area (Å²) < 4.78 is 25.7. The van der Waals surface area contributed by atoms with E-state index < -0.39 is 5.67 Å². The fourth-order valence-electron chi connectivity index (χ4n) is 2.94. The van der Waals surface area contributed by atoms with Gasteiger partial charge < -0.3 is 14.8 Å². The van der Waals surface area contributed by atoms with Gasteiger partial charge in [0, 0.05) is 36.3 Å². The minimum absolute atomic E-state index is 0.0707. The lowest BCUT2D eigenvalue weighted by Crippen LogP contribution is -2.45. The largest absolute Gasteiger partial charge is 0.496 e. The number of aryl methyl sites for hydroxylation is 1. The van der Waals surface area contributed by atoms with Crippen molar-refractivity contribution in [3.05, 3.63) is 23.0 Å². The molecule has 2 rings (SSSR count). The van der Waals surface area contributed by atoms with Crippen molar-refractivity contribution in [3.63, 3.8) is 0 Å². The minimum Gasteiger partial charge on any atom is -0.496 e. The van der Waals surface area contributed by atoms with Gasteiger partial charge in [-0.3, -0.25) is 4.98 Å². The molecule has 1 aliphatic heterocycles. The average molecular weight is 296 g/mol. The van der Waals surface area contributed by atoms with Crippen LogP contribution in [0.2, 0.25) is 0 Å². The zero-order valence-electron chi connectivity index (χ0n) is 13.3. The topological polar surface area (TPSA) is 43.4 Å². The van der Waals surface area contributed by atoms with Crippen LogP contribution >= 0.6 is 0 Å². The first-order chi connectivity index (χ1) is 9.93. The second-order valence-corrected chi connectivity index (χ2v) is 6.07. The average Bonchev–Trinajstić information content (AvgIpc) is 2.43. The molecule has 1 saturated heterocycles. The highest BCUT2D eigenvalue weighted by atomic mass is 19.1. The Labute approximate surface area is 126 Å². The van der Waals surface area contributed by atoms with E-state index in [0.29, 0.717) is 19.6 Å². The lowest BCUT2D eigenvalue weighted by molar-refractivity contribution is 0.0480. The summed E-state index contributed by atoms with van der Waals surface area (Å²) in [6, 6.07) is 0.0707. The number of methoxy groups -OCH3 is 1.